The summed E-state index contributed by atoms with van der Waals surface area (Å²) in [7, 11) is -3.39. The lowest BCUT2D eigenvalue weighted by molar-refractivity contribution is -0.121. The Morgan fingerprint density at radius 3 is 2.45 bits per heavy atom. The predicted octanol–water partition coefficient (Wildman–Crippen LogP) is 1.85. The fraction of sp³-hybridized carbons (Fsp3) is 0.385. The van der Waals surface area contributed by atoms with Gasteiger partial charge in [0, 0.05) is 5.69 Å². The molecule has 1 rings (SSSR count). The van der Waals surface area contributed by atoms with Gasteiger partial charge in [0.2, 0.25) is 15.9 Å². The lowest BCUT2D eigenvalue weighted by atomic mass is 9.94. The number of nitrogens with zero attached hydrogens (tertiary/aromatic N) is 1. The number of nitriles is 1. The molecule has 1 aromatic rings. The van der Waals surface area contributed by atoms with Gasteiger partial charge in [-0.15, -0.1) is 0 Å². The van der Waals surface area contributed by atoms with Crippen molar-refractivity contribution in [3.63, 3.8) is 0 Å². The molecule has 0 aliphatic heterocycles. The first-order chi connectivity index (χ1) is 9.05. The molecule has 20 heavy (non-hydrogen) atoms. The minimum Gasteiger partial charge on any atom is -0.325 e. The van der Waals surface area contributed by atoms with Crippen LogP contribution in [0, 0.1) is 23.7 Å². The van der Waals surface area contributed by atoms with E-state index in [1.54, 1.807) is 19.1 Å². The monoisotopic (exact) mass is 295 g/mol. The molecule has 0 fully saturated rings. The van der Waals surface area contributed by atoms with Gasteiger partial charge in [-0.1, -0.05) is 6.07 Å². The molecule has 0 aromatic heterocycles. The van der Waals surface area contributed by atoms with Crippen molar-refractivity contribution in [2.24, 2.45) is 5.41 Å². The Kier molecular flexibility index (Phi) is 4.40. The maximum Gasteiger partial charge on any atom is 0.244 e. The summed E-state index contributed by atoms with van der Waals surface area (Å²) >= 11 is 0. The zero-order chi connectivity index (χ0) is 15.6. The molecular weight excluding hydrogens is 278 g/mol. The van der Waals surface area contributed by atoms with Crippen molar-refractivity contribution in [3.8, 4) is 6.07 Å². The molecule has 0 unspecified atom stereocenters. The third-order valence-corrected chi connectivity index (χ3v) is 3.23. The molecule has 6 nitrogen and oxygen atoms in total. The highest BCUT2D eigenvalue weighted by molar-refractivity contribution is 7.92. The fourth-order valence-corrected chi connectivity index (χ4v) is 1.97. The van der Waals surface area contributed by atoms with Crippen LogP contribution in [0.5, 0.6) is 0 Å². The van der Waals surface area contributed by atoms with Gasteiger partial charge in [-0.2, -0.15) is 5.26 Å². The summed E-state index contributed by atoms with van der Waals surface area (Å²) in [5.41, 5.74) is 0.387. The number of carbonyl (C=O) groups excluding carboxylic acids is 1. The number of hydrogen-bond donors (Lipinski definition) is 2. The standard InChI is InChI=1S/C13H17N3O3S/c1-9-5-6-10(7-11(9)16-20(4,18)19)15-12(17)13(2,3)8-14/h5-7,16H,1-4H3,(H,15,17). The highest BCUT2D eigenvalue weighted by Crippen LogP contribution is 2.23. The lowest BCUT2D eigenvalue weighted by Crippen LogP contribution is -2.29. The van der Waals surface area contributed by atoms with E-state index < -0.39 is 21.3 Å². The molecular formula is C13H17N3O3S. The Hall–Kier alpha value is -2.07. The van der Waals surface area contributed by atoms with Crippen molar-refractivity contribution in [1.82, 2.24) is 0 Å². The quantitative estimate of drug-likeness (QED) is 0.885. The van der Waals surface area contributed by atoms with Crippen LogP contribution < -0.4 is 10.0 Å². The molecule has 0 saturated heterocycles. The largest absolute Gasteiger partial charge is 0.325 e. The van der Waals surface area contributed by atoms with Crippen molar-refractivity contribution < 1.29 is 13.2 Å². The zero-order valence-corrected chi connectivity index (χ0v) is 12.6. The van der Waals surface area contributed by atoms with Crippen LogP contribution in [0.25, 0.3) is 0 Å². The number of hydrogen-bond acceptors (Lipinski definition) is 4. The molecule has 0 bridgehead atoms. The number of rotatable bonds is 4. The Morgan fingerprint density at radius 1 is 1.35 bits per heavy atom. The molecule has 108 valence electrons. The minimum absolute atomic E-state index is 0.389. The van der Waals surface area contributed by atoms with Crippen molar-refractivity contribution in [2.75, 3.05) is 16.3 Å². The third kappa shape index (κ3) is 4.24. The lowest BCUT2D eigenvalue weighted by Gasteiger charge is -2.16. The second-order valence-corrected chi connectivity index (χ2v) is 6.84. The van der Waals surface area contributed by atoms with Crippen LogP contribution in [0.4, 0.5) is 11.4 Å². The summed E-state index contributed by atoms with van der Waals surface area (Å²) in [4.78, 5) is 11.9. The Morgan fingerprint density at radius 2 is 1.95 bits per heavy atom. The van der Waals surface area contributed by atoms with Crippen LogP contribution in [0.1, 0.15) is 19.4 Å². The van der Waals surface area contributed by atoms with Crippen LogP contribution in [-0.4, -0.2) is 20.6 Å². The number of nitrogens with one attached hydrogen (secondary N) is 2. The summed E-state index contributed by atoms with van der Waals surface area (Å²) < 4.78 is 24.9. The van der Waals surface area contributed by atoms with Crippen LogP contribution in [0.2, 0.25) is 0 Å². The van der Waals surface area contributed by atoms with E-state index in [9.17, 15) is 13.2 Å². The van der Waals surface area contributed by atoms with E-state index in [4.69, 9.17) is 5.26 Å². The van der Waals surface area contributed by atoms with Gasteiger partial charge < -0.3 is 5.32 Å². The number of aryl methyl sites for hydroxylation is 1. The summed E-state index contributed by atoms with van der Waals surface area (Å²) in [6.07, 6.45) is 1.05. The Bertz CT molecular complexity index is 673. The molecule has 2 N–H and O–H groups in total. The molecule has 0 radical (unpaired) electrons. The summed E-state index contributed by atoms with van der Waals surface area (Å²) in [6.45, 7) is 4.76. The van der Waals surface area contributed by atoms with Gasteiger partial charge in [-0.25, -0.2) is 8.42 Å². The third-order valence-electron chi connectivity index (χ3n) is 2.64. The molecule has 0 heterocycles. The highest BCUT2D eigenvalue weighted by Gasteiger charge is 2.27. The Balaban J connectivity index is 3.03. The number of benzene rings is 1. The van der Waals surface area contributed by atoms with Gasteiger partial charge in [0.25, 0.3) is 0 Å². The molecule has 1 aromatic carbocycles. The molecule has 0 aliphatic carbocycles. The van der Waals surface area contributed by atoms with Gasteiger partial charge in [-0.3, -0.25) is 9.52 Å². The summed E-state index contributed by atoms with van der Waals surface area (Å²) in [5.74, 6) is -0.450. The smallest absolute Gasteiger partial charge is 0.244 e. The predicted molar refractivity (Wildman–Crippen MR) is 77.7 cm³/mol. The number of amides is 1. The summed E-state index contributed by atoms with van der Waals surface area (Å²) in [6, 6.07) is 6.75. The molecule has 1 amide bonds. The molecule has 0 spiro atoms. The second kappa shape index (κ2) is 5.51. The molecule has 0 atom stereocenters. The van der Waals surface area contributed by atoms with E-state index in [2.05, 4.69) is 10.0 Å². The van der Waals surface area contributed by atoms with Gasteiger partial charge in [0.05, 0.1) is 18.0 Å². The van der Waals surface area contributed by atoms with E-state index >= 15 is 0 Å². The van der Waals surface area contributed by atoms with E-state index in [0.29, 0.717) is 11.4 Å². The van der Waals surface area contributed by atoms with Crippen molar-refractivity contribution >= 4 is 27.3 Å². The zero-order valence-electron chi connectivity index (χ0n) is 11.8. The van der Waals surface area contributed by atoms with Crippen molar-refractivity contribution in [3.05, 3.63) is 23.8 Å². The van der Waals surface area contributed by atoms with Gasteiger partial charge in [-0.05, 0) is 38.5 Å². The molecule has 0 aliphatic rings. The maximum atomic E-state index is 11.9. The van der Waals surface area contributed by atoms with E-state index in [-0.39, 0.29) is 0 Å². The number of sulfonamides is 1. The fourth-order valence-electron chi connectivity index (χ4n) is 1.35. The Labute approximate surface area is 118 Å². The van der Waals surface area contributed by atoms with Crippen LogP contribution in [0.3, 0.4) is 0 Å². The SMILES string of the molecule is Cc1ccc(NC(=O)C(C)(C)C#N)cc1NS(C)(=O)=O. The normalized spacial score (nSPS) is 11.6. The van der Waals surface area contributed by atoms with Crippen molar-refractivity contribution in [1.29, 1.82) is 5.26 Å². The maximum absolute atomic E-state index is 11.9. The number of carbonyl (C=O) groups is 1. The molecule has 7 heteroatoms. The first-order valence-electron chi connectivity index (χ1n) is 5.86. The topological polar surface area (TPSA) is 99.1 Å². The second-order valence-electron chi connectivity index (χ2n) is 5.09. The molecule has 0 saturated carbocycles. The van der Waals surface area contributed by atoms with Crippen molar-refractivity contribution in [2.45, 2.75) is 20.8 Å². The van der Waals surface area contributed by atoms with Gasteiger partial charge >= 0.3 is 0 Å². The number of anilines is 2. The average molecular weight is 295 g/mol. The highest BCUT2D eigenvalue weighted by atomic mass is 32.2. The van der Waals surface area contributed by atoms with Crippen LogP contribution in [0.15, 0.2) is 18.2 Å². The van der Waals surface area contributed by atoms with Gasteiger partial charge in [0.1, 0.15) is 5.41 Å². The van der Waals surface area contributed by atoms with Crippen LogP contribution in [-0.2, 0) is 14.8 Å². The van der Waals surface area contributed by atoms with Crippen LogP contribution >= 0.6 is 0 Å². The average Bonchev–Trinajstić information content (AvgIpc) is 2.31. The van der Waals surface area contributed by atoms with E-state index in [1.165, 1.54) is 19.9 Å². The van der Waals surface area contributed by atoms with E-state index in [1.807, 2.05) is 6.07 Å². The van der Waals surface area contributed by atoms with Gasteiger partial charge in [0.15, 0.2) is 0 Å². The van der Waals surface area contributed by atoms with E-state index in [0.717, 1.165) is 11.8 Å². The first kappa shape index (κ1) is 16.0. The summed E-state index contributed by atoms with van der Waals surface area (Å²) in [5, 5.41) is 11.5. The minimum atomic E-state index is -3.39. The first-order valence-corrected chi connectivity index (χ1v) is 7.75.